The van der Waals surface area contributed by atoms with E-state index in [2.05, 4.69) is 44.1 Å². The molecule has 1 aliphatic heterocycles. The number of nitrogens with zero attached hydrogens (tertiary/aromatic N) is 2. The van der Waals surface area contributed by atoms with Gasteiger partial charge in [-0.25, -0.2) is 0 Å². The van der Waals surface area contributed by atoms with E-state index in [1.807, 2.05) is 0 Å². The molecular weight excluding hydrogens is 238 g/mol. The molecule has 3 unspecified atom stereocenters. The first kappa shape index (κ1) is 14.8. The van der Waals surface area contributed by atoms with Gasteiger partial charge in [0.2, 0.25) is 0 Å². The molecule has 0 bridgehead atoms. The van der Waals surface area contributed by atoms with Gasteiger partial charge in [0.25, 0.3) is 0 Å². The van der Waals surface area contributed by atoms with Crippen molar-refractivity contribution in [2.24, 2.45) is 5.92 Å². The van der Waals surface area contributed by atoms with Crippen molar-refractivity contribution in [3.63, 3.8) is 0 Å². The minimum Gasteiger partial charge on any atom is -0.377 e. The highest BCUT2D eigenvalue weighted by Gasteiger charge is 2.47. The number of hydrogen-bond acceptors (Lipinski definition) is 4. The SMILES string of the molecule is CC(C)NC(C#N)(CN(C)C1CCOC1C)C1CC1. The van der Waals surface area contributed by atoms with Crippen LogP contribution in [0.15, 0.2) is 0 Å². The van der Waals surface area contributed by atoms with Gasteiger partial charge in [0.05, 0.1) is 12.2 Å². The molecule has 1 heterocycles. The van der Waals surface area contributed by atoms with E-state index in [0.29, 0.717) is 18.0 Å². The van der Waals surface area contributed by atoms with Gasteiger partial charge in [-0.05, 0) is 53.0 Å². The van der Waals surface area contributed by atoms with Crippen molar-refractivity contribution in [1.29, 1.82) is 5.26 Å². The van der Waals surface area contributed by atoms with Crippen LogP contribution in [-0.4, -0.2) is 48.8 Å². The molecule has 1 aliphatic carbocycles. The van der Waals surface area contributed by atoms with Gasteiger partial charge in [-0.2, -0.15) is 5.26 Å². The number of hydrogen-bond donors (Lipinski definition) is 1. The summed E-state index contributed by atoms with van der Waals surface area (Å²) in [6, 6.07) is 3.37. The first-order chi connectivity index (χ1) is 8.98. The molecule has 0 aromatic carbocycles. The Labute approximate surface area is 117 Å². The van der Waals surface area contributed by atoms with Crippen LogP contribution in [0.4, 0.5) is 0 Å². The van der Waals surface area contributed by atoms with E-state index < -0.39 is 0 Å². The summed E-state index contributed by atoms with van der Waals surface area (Å²) in [7, 11) is 2.13. The molecule has 1 N–H and O–H groups in total. The number of likely N-dealkylation sites (N-methyl/N-ethyl adjacent to an activating group) is 1. The van der Waals surface area contributed by atoms with Crippen LogP contribution in [0.25, 0.3) is 0 Å². The first-order valence-electron chi connectivity index (χ1n) is 7.49. The molecule has 4 heteroatoms. The monoisotopic (exact) mass is 265 g/mol. The average molecular weight is 265 g/mol. The third kappa shape index (κ3) is 3.28. The normalized spacial score (nSPS) is 30.6. The highest BCUT2D eigenvalue weighted by atomic mass is 16.5. The largest absolute Gasteiger partial charge is 0.377 e. The van der Waals surface area contributed by atoms with Crippen LogP contribution in [0.3, 0.4) is 0 Å². The van der Waals surface area contributed by atoms with E-state index in [-0.39, 0.29) is 11.6 Å². The molecule has 3 atom stereocenters. The molecule has 19 heavy (non-hydrogen) atoms. The lowest BCUT2D eigenvalue weighted by atomic mass is 9.92. The van der Waals surface area contributed by atoms with Crippen molar-refractivity contribution < 1.29 is 4.74 Å². The topological polar surface area (TPSA) is 48.3 Å². The summed E-state index contributed by atoms with van der Waals surface area (Å²) in [4.78, 5) is 2.33. The number of nitrogens with one attached hydrogen (secondary N) is 1. The lowest BCUT2D eigenvalue weighted by Crippen LogP contribution is -2.58. The molecule has 0 aromatic heterocycles. The number of rotatable bonds is 6. The van der Waals surface area contributed by atoms with Crippen LogP contribution in [0.1, 0.15) is 40.0 Å². The van der Waals surface area contributed by atoms with Crippen molar-refractivity contribution in [1.82, 2.24) is 10.2 Å². The van der Waals surface area contributed by atoms with Gasteiger partial charge in [0.15, 0.2) is 0 Å². The van der Waals surface area contributed by atoms with Crippen LogP contribution in [0.5, 0.6) is 0 Å². The molecule has 2 rings (SSSR count). The molecule has 108 valence electrons. The molecule has 2 aliphatic rings. The highest BCUT2D eigenvalue weighted by molar-refractivity contribution is 5.17. The maximum absolute atomic E-state index is 9.72. The molecule has 0 spiro atoms. The fraction of sp³-hybridized carbons (Fsp3) is 0.933. The Morgan fingerprint density at radius 1 is 1.42 bits per heavy atom. The lowest BCUT2D eigenvalue weighted by Gasteiger charge is -2.37. The van der Waals surface area contributed by atoms with E-state index in [0.717, 1.165) is 19.6 Å². The Kier molecular flexibility index (Phi) is 4.50. The number of ether oxygens (including phenoxy) is 1. The Bertz CT molecular complexity index is 348. The standard InChI is InChI=1S/C15H27N3O/c1-11(2)17-15(9-16,13-5-6-13)10-18(4)14-7-8-19-12(14)3/h11-14,17H,5-8,10H2,1-4H3. The predicted octanol–water partition coefficient (Wildman–Crippen LogP) is 1.77. The second-order valence-electron chi connectivity index (χ2n) is 6.50. The van der Waals surface area contributed by atoms with Crippen LogP contribution < -0.4 is 5.32 Å². The zero-order valence-electron chi connectivity index (χ0n) is 12.6. The Morgan fingerprint density at radius 2 is 2.11 bits per heavy atom. The van der Waals surface area contributed by atoms with Crippen molar-refractivity contribution in [2.75, 3.05) is 20.2 Å². The number of nitriles is 1. The molecule has 1 saturated carbocycles. The van der Waals surface area contributed by atoms with Gasteiger partial charge >= 0.3 is 0 Å². The lowest BCUT2D eigenvalue weighted by molar-refractivity contribution is 0.0734. The Morgan fingerprint density at radius 3 is 2.53 bits per heavy atom. The smallest absolute Gasteiger partial charge is 0.122 e. The van der Waals surface area contributed by atoms with Gasteiger partial charge in [-0.1, -0.05) is 0 Å². The molecular formula is C15H27N3O. The van der Waals surface area contributed by atoms with Gasteiger partial charge in [-0.3, -0.25) is 10.2 Å². The molecule has 1 saturated heterocycles. The van der Waals surface area contributed by atoms with Crippen LogP contribution in [0, 0.1) is 17.2 Å². The summed E-state index contributed by atoms with van der Waals surface area (Å²) < 4.78 is 5.65. The second kappa shape index (κ2) is 5.78. The molecule has 0 amide bonds. The highest BCUT2D eigenvalue weighted by Crippen LogP contribution is 2.40. The van der Waals surface area contributed by atoms with Crippen molar-refractivity contribution >= 4 is 0 Å². The van der Waals surface area contributed by atoms with Crippen molar-refractivity contribution in [3.8, 4) is 6.07 Å². The summed E-state index contributed by atoms with van der Waals surface area (Å²) in [5, 5.41) is 13.3. The van der Waals surface area contributed by atoms with Gasteiger partial charge in [0, 0.05) is 25.2 Å². The minimum absolute atomic E-state index is 0.277. The minimum atomic E-state index is -0.384. The Hall–Kier alpha value is -0.630. The van der Waals surface area contributed by atoms with E-state index in [1.165, 1.54) is 12.8 Å². The van der Waals surface area contributed by atoms with E-state index in [4.69, 9.17) is 4.74 Å². The zero-order chi connectivity index (χ0) is 14.0. The maximum Gasteiger partial charge on any atom is 0.122 e. The third-order valence-corrected chi connectivity index (χ3v) is 4.42. The quantitative estimate of drug-likeness (QED) is 0.795. The molecule has 0 aromatic rings. The van der Waals surface area contributed by atoms with E-state index >= 15 is 0 Å². The predicted molar refractivity (Wildman–Crippen MR) is 75.8 cm³/mol. The van der Waals surface area contributed by atoms with Gasteiger partial charge in [0.1, 0.15) is 5.54 Å². The van der Waals surface area contributed by atoms with E-state index in [1.54, 1.807) is 0 Å². The summed E-state index contributed by atoms with van der Waals surface area (Å²) in [6.45, 7) is 8.02. The van der Waals surface area contributed by atoms with Crippen molar-refractivity contribution in [2.45, 2.75) is 63.8 Å². The van der Waals surface area contributed by atoms with Crippen LogP contribution in [0.2, 0.25) is 0 Å². The third-order valence-electron chi connectivity index (χ3n) is 4.42. The molecule has 2 fully saturated rings. The fourth-order valence-electron chi connectivity index (χ4n) is 3.35. The van der Waals surface area contributed by atoms with Gasteiger partial charge in [-0.15, -0.1) is 0 Å². The summed E-state index contributed by atoms with van der Waals surface area (Å²) >= 11 is 0. The summed E-state index contributed by atoms with van der Waals surface area (Å²) in [6.07, 6.45) is 3.71. The van der Waals surface area contributed by atoms with Gasteiger partial charge < -0.3 is 4.74 Å². The zero-order valence-corrected chi connectivity index (χ0v) is 12.6. The molecule has 0 radical (unpaired) electrons. The molecule has 4 nitrogen and oxygen atoms in total. The van der Waals surface area contributed by atoms with Crippen LogP contribution >= 0.6 is 0 Å². The summed E-state index contributed by atoms with van der Waals surface area (Å²) in [5.41, 5.74) is -0.384. The Balaban J connectivity index is 2.05. The summed E-state index contributed by atoms with van der Waals surface area (Å²) in [5.74, 6) is 0.514. The van der Waals surface area contributed by atoms with Crippen LogP contribution in [-0.2, 0) is 4.74 Å². The second-order valence-corrected chi connectivity index (χ2v) is 6.50. The fourth-order valence-corrected chi connectivity index (χ4v) is 3.35. The maximum atomic E-state index is 9.72. The first-order valence-corrected chi connectivity index (χ1v) is 7.49. The van der Waals surface area contributed by atoms with E-state index in [9.17, 15) is 5.26 Å². The van der Waals surface area contributed by atoms with Crippen molar-refractivity contribution in [3.05, 3.63) is 0 Å². The average Bonchev–Trinajstić information content (AvgIpc) is 3.11.